The Morgan fingerprint density at radius 1 is 1.17 bits per heavy atom. The number of aromatic nitrogens is 1. The van der Waals surface area contributed by atoms with Gasteiger partial charge in [0.1, 0.15) is 5.82 Å². The lowest BCUT2D eigenvalue weighted by molar-refractivity contribution is -0.275. The molecular weight excluding hydrogens is 494 g/mol. The van der Waals surface area contributed by atoms with Crippen molar-refractivity contribution in [3.05, 3.63) is 63.4 Å². The van der Waals surface area contributed by atoms with Crippen molar-refractivity contribution in [3.63, 3.8) is 0 Å². The van der Waals surface area contributed by atoms with E-state index in [0.717, 1.165) is 23.3 Å². The normalized spacial score (nSPS) is 18.1. The average Bonchev–Trinajstić information content (AvgIpc) is 3.30. The molecule has 35 heavy (non-hydrogen) atoms. The number of amides is 1. The Morgan fingerprint density at radius 3 is 2.71 bits per heavy atom. The number of fused-ring (bicyclic) bond motifs is 3. The second-order valence-electron chi connectivity index (χ2n) is 8.12. The monoisotopic (exact) mass is 511 g/mol. The molecule has 1 amide bonds. The minimum atomic E-state index is -5.07. The number of benzene rings is 2. The van der Waals surface area contributed by atoms with E-state index in [1.165, 1.54) is 11.0 Å². The molecule has 2 N–H and O–H groups in total. The Morgan fingerprint density at radius 2 is 1.94 bits per heavy atom. The summed E-state index contributed by atoms with van der Waals surface area (Å²) >= 11 is 6.45. The molecule has 0 radical (unpaired) electrons. The van der Waals surface area contributed by atoms with Crippen LogP contribution in [0.5, 0.6) is 5.75 Å². The second kappa shape index (κ2) is 8.81. The standard InChI is InChI=1S/C23H18ClF4N3O4/c24-16-7-18-12(14-8-34-9-15(14)21(29)30-18)6-13(16)22(32)31-3-4-33-10-19(31)11-1-2-17(25)20(5-11)35-23(26,27)28/h1-2,5-7,19H,3-4,8-10H2,(H2,29,30)/t19-/m0/s1. The van der Waals surface area contributed by atoms with Crippen LogP contribution in [0, 0.1) is 5.82 Å². The van der Waals surface area contributed by atoms with Gasteiger partial charge in [0.2, 0.25) is 0 Å². The van der Waals surface area contributed by atoms with Crippen LogP contribution < -0.4 is 10.5 Å². The number of hydrogen-bond acceptors (Lipinski definition) is 6. The van der Waals surface area contributed by atoms with Gasteiger partial charge in [-0.15, -0.1) is 13.2 Å². The smallest absolute Gasteiger partial charge is 0.403 e. The van der Waals surface area contributed by atoms with Gasteiger partial charge in [0.05, 0.1) is 48.6 Å². The summed E-state index contributed by atoms with van der Waals surface area (Å²) in [4.78, 5) is 19.4. The molecule has 0 bridgehead atoms. The number of nitrogens with two attached hydrogens (primary N) is 1. The predicted octanol–water partition coefficient (Wildman–Crippen LogP) is 4.75. The SMILES string of the molecule is Nc1nc2cc(Cl)c(C(=O)N3CCOC[C@H]3c3ccc(F)c(OC(F)(F)F)c3)cc2c2c1COC2. The summed E-state index contributed by atoms with van der Waals surface area (Å²) in [5.74, 6) is -2.30. The average molecular weight is 512 g/mol. The van der Waals surface area contributed by atoms with Gasteiger partial charge >= 0.3 is 6.36 Å². The van der Waals surface area contributed by atoms with Crippen molar-refractivity contribution in [2.45, 2.75) is 25.6 Å². The Bertz CT molecular complexity index is 1330. The van der Waals surface area contributed by atoms with Crippen molar-refractivity contribution in [1.29, 1.82) is 0 Å². The number of nitrogen functional groups attached to an aromatic ring is 1. The molecule has 0 unspecified atom stereocenters. The highest BCUT2D eigenvalue weighted by Gasteiger charge is 2.35. The summed E-state index contributed by atoms with van der Waals surface area (Å²) in [5.41, 5.74) is 8.51. The Hall–Kier alpha value is -3.15. The summed E-state index contributed by atoms with van der Waals surface area (Å²) in [6.45, 7) is 0.975. The van der Waals surface area contributed by atoms with Crippen LogP contribution in [0.25, 0.3) is 10.9 Å². The van der Waals surface area contributed by atoms with E-state index < -0.39 is 29.9 Å². The zero-order chi connectivity index (χ0) is 24.9. The highest BCUT2D eigenvalue weighted by Crippen LogP contribution is 2.36. The Balaban J connectivity index is 1.53. The van der Waals surface area contributed by atoms with Crippen molar-refractivity contribution in [1.82, 2.24) is 9.88 Å². The van der Waals surface area contributed by atoms with Gasteiger partial charge in [-0.25, -0.2) is 9.37 Å². The summed E-state index contributed by atoms with van der Waals surface area (Å²) in [6, 6.07) is 5.43. The zero-order valence-electron chi connectivity index (χ0n) is 18.0. The van der Waals surface area contributed by atoms with E-state index in [9.17, 15) is 22.4 Å². The fourth-order valence-electron chi connectivity index (χ4n) is 4.36. The molecule has 0 saturated carbocycles. The van der Waals surface area contributed by atoms with E-state index in [1.807, 2.05) is 0 Å². The molecule has 1 saturated heterocycles. The first-order valence-corrected chi connectivity index (χ1v) is 10.9. The van der Waals surface area contributed by atoms with Gasteiger partial charge in [-0.3, -0.25) is 4.79 Å². The number of ether oxygens (including phenoxy) is 3. The maximum absolute atomic E-state index is 13.9. The molecule has 2 aromatic carbocycles. The number of carbonyl (C=O) groups excluding carboxylic acids is 1. The number of carbonyl (C=O) groups is 1. The molecule has 12 heteroatoms. The van der Waals surface area contributed by atoms with Crippen LogP contribution in [0.4, 0.5) is 23.4 Å². The molecule has 2 aliphatic heterocycles. The van der Waals surface area contributed by atoms with Gasteiger partial charge in [0.15, 0.2) is 11.6 Å². The lowest BCUT2D eigenvalue weighted by Crippen LogP contribution is -2.43. The minimum absolute atomic E-state index is 0.00461. The fourth-order valence-corrected chi connectivity index (χ4v) is 4.60. The van der Waals surface area contributed by atoms with Crippen molar-refractivity contribution < 1.29 is 36.6 Å². The van der Waals surface area contributed by atoms with Crippen LogP contribution in [0.1, 0.15) is 33.1 Å². The minimum Gasteiger partial charge on any atom is -0.403 e. The number of anilines is 1. The molecule has 1 atom stereocenters. The number of morpholine rings is 1. The number of nitrogens with zero attached hydrogens (tertiary/aromatic N) is 2. The molecule has 1 aromatic heterocycles. The summed E-state index contributed by atoms with van der Waals surface area (Å²) in [5, 5.41) is 0.811. The van der Waals surface area contributed by atoms with Gasteiger partial charge in [-0.2, -0.15) is 0 Å². The molecule has 2 aliphatic rings. The van der Waals surface area contributed by atoms with Crippen molar-refractivity contribution in [3.8, 4) is 5.75 Å². The first-order valence-electron chi connectivity index (χ1n) is 10.5. The molecule has 1 fully saturated rings. The van der Waals surface area contributed by atoms with E-state index in [1.54, 1.807) is 12.1 Å². The number of alkyl halides is 3. The topological polar surface area (TPSA) is 86.9 Å². The van der Waals surface area contributed by atoms with Crippen molar-refractivity contribution in [2.24, 2.45) is 0 Å². The molecule has 3 aromatic rings. The number of pyridine rings is 1. The third kappa shape index (κ3) is 4.46. The van der Waals surface area contributed by atoms with E-state index in [2.05, 4.69) is 9.72 Å². The van der Waals surface area contributed by atoms with Crippen LogP contribution >= 0.6 is 11.6 Å². The van der Waals surface area contributed by atoms with Crippen molar-refractivity contribution >= 4 is 34.2 Å². The highest BCUT2D eigenvalue weighted by atomic mass is 35.5. The lowest BCUT2D eigenvalue weighted by Gasteiger charge is -2.36. The van der Waals surface area contributed by atoms with Gasteiger partial charge in [-0.1, -0.05) is 17.7 Å². The zero-order valence-corrected chi connectivity index (χ0v) is 18.8. The molecule has 0 aliphatic carbocycles. The number of halogens is 5. The highest BCUT2D eigenvalue weighted by molar-refractivity contribution is 6.34. The maximum atomic E-state index is 13.9. The predicted molar refractivity (Wildman–Crippen MR) is 117 cm³/mol. The van der Waals surface area contributed by atoms with Gasteiger partial charge in [0, 0.05) is 17.5 Å². The van der Waals surface area contributed by atoms with Gasteiger partial charge in [-0.05, 0) is 35.4 Å². The first-order chi connectivity index (χ1) is 16.6. The molecule has 7 nitrogen and oxygen atoms in total. The van der Waals surface area contributed by atoms with Gasteiger partial charge < -0.3 is 24.8 Å². The van der Waals surface area contributed by atoms with E-state index in [0.29, 0.717) is 29.9 Å². The largest absolute Gasteiger partial charge is 0.573 e. The third-order valence-electron chi connectivity index (χ3n) is 6.00. The molecule has 0 spiro atoms. The van der Waals surface area contributed by atoms with E-state index in [-0.39, 0.29) is 35.9 Å². The third-order valence-corrected chi connectivity index (χ3v) is 6.32. The fraction of sp³-hybridized carbons (Fsp3) is 0.304. The maximum Gasteiger partial charge on any atom is 0.573 e. The summed E-state index contributed by atoms with van der Waals surface area (Å²) < 4.78 is 66.8. The Kier molecular flexibility index (Phi) is 5.94. The summed E-state index contributed by atoms with van der Waals surface area (Å²) in [7, 11) is 0. The van der Waals surface area contributed by atoms with Crippen LogP contribution in [0.3, 0.4) is 0 Å². The quantitative estimate of drug-likeness (QED) is 0.511. The lowest BCUT2D eigenvalue weighted by atomic mass is 10.00. The van der Waals surface area contributed by atoms with Crippen LogP contribution in [-0.4, -0.2) is 41.9 Å². The van der Waals surface area contributed by atoms with Crippen molar-refractivity contribution in [2.75, 3.05) is 25.5 Å². The van der Waals surface area contributed by atoms with E-state index >= 15 is 0 Å². The van der Waals surface area contributed by atoms with Gasteiger partial charge in [0.25, 0.3) is 5.91 Å². The van der Waals surface area contributed by atoms with Crippen LogP contribution in [-0.2, 0) is 22.7 Å². The second-order valence-corrected chi connectivity index (χ2v) is 8.53. The molecule has 3 heterocycles. The van der Waals surface area contributed by atoms with Crippen LogP contribution in [0.15, 0.2) is 30.3 Å². The number of rotatable bonds is 3. The van der Waals surface area contributed by atoms with E-state index in [4.69, 9.17) is 26.8 Å². The van der Waals surface area contributed by atoms with Crippen LogP contribution in [0.2, 0.25) is 5.02 Å². The molecule has 5 rings (SSSR count). The number of hydrogen-bond donors (Lipinski definition) is 1. The molecule has 184 valence electrons. The first kappa shape index (κ1) is 23.6. The summed E-state index contributed by atoms with van der Waals surface area (Å²) in [6.07, 6.45) is -5.07. The molecular formula is C23H18ClF4N3O4. The Labute approximate surface area is 201 Å².